The first-order chi connectivity index (χ1) is 13.8. The van der Waals surface area contributed by atoms with E-state index in [1.807, 2.05) is 0 Å². The van der Waals surface area contributed by atoms with E-state index in [4.69, 9.17) is 22.7 Å². The van der Waals surface area contributed by atoms with Gasteiger partial charge in [0.1, 0.15) is 11.5 Å². The van der Waals surface area contributed by atoms with Gasteiger partial charge in [-0.3, -0.25) is 25.6 Å². The summed E-state index contributed by atoms with van der Waals surface area (Å²) in [7, 11) is 0. The highest BCUT2D eigenvalue weighted by atomic mass is 16.5. The standard InChI is InChI=1S/C21H20N4O4/c1-2-16-9-14(7-8-19(27)28)20-17(25(29)24-16)10-15(11-18(20)26)12-3-5-13(6-4-12)21(22)23/h1,3-6,9-10,14,24,29H,7-8,11H2,(H3,22,23)(H,27,28). The van der Waals surface area contributed by atoms with Crippen molar-refractivity contribution in [3.8, 4) is 12.3 Å². The number of Topliss-reactive ketones (excluding diaryl/α,β-unsaturated/α-hetero) is 1. The highest BCUT2D eigenvalue weighted by molar-refractivity contribution is 6.06. The monoisotopic (exact) mass is 392 g/mol. The normalized spacial score (nSPS) is 18.7. The minimum atomic E-state index is -0.981. The van der Waals surface area contributed by atoms with Crippen LogP contribution in [0.5, 0.6) is 0 Å². The Bertz CT molecular complexity index is 1010. The van der Waals surface area contributed by atoms with Gasteiger partial charge in [0.05, 0.1) is 5.70 Å². The number of terminal acetylenes is 1. The fraction of sp³-hybridized carbons (Fsp3) is 0.190. The maximum Gasteiger partial charge on any atom is 0.303 e. The van der Waals surface area contributed by atoms with Gasteiger partial charge in [0.15, 0.2) is 5.78 Å². The summed E-state index contributed by atoms with van der Waals surface area (Å²) < 4.78 is 0. The Kier molecular flexibility index (Phi) is 5.52. The van der Waals surface area contributed by atoms with E-state index < -0.39 is 11.9 Å². The number of carboxylic acids is 1. The molecule has 148 valence electrons. The molecule has 1 aliphatic carbocycles. The van der Waals surface area contributed by atoms with Gasteiger partial charge in [0, 0.05) is 29.9 Å². The lowest BCUT2D eigenvalue weighted by Gasteiger charge is -2.26. The van der Waals surface area contributed by atoms with Gasteiger partial charge in [-0.15, -0.1) is 6.42 Å². The Morgan fingerprint density at radius 1 is 1.38 bits per heavy atom. The number of carbonyl (C=O) groups is 2. The number of amidine groups is 1. The van der Waals surface area contributed by atoms with Crippen molar-refractivity contribution < 1.29 is 19.9 Å². The fourth-order valence-corrected chi connectivity index (χ4v) is 3.41. The number of rotatable bonds is 5. The molecule has 1 atom stereocenters. The smallest absolute Gasteiger partial charge is 0.303 e. The van der Waals surface area contributed by atoms with Crippen molar-refractivity contribution >= 4 is 23.2 Å². The Balaban J connectivity index is 2.03. The molecule has 0 amide bonds. The highest BCUT2D eigenvalue weighted by Gasteiger charge is 2.32. The van der Waals surface area contributed by atoms with Crippen molar-refractivity contribution in [3.05, 3.63) is 64.5 Å². The molecule has 1 unspecified atom stereocenters. The number of benzene rings is 1. The molecule has 8 heteroatoms. The van der Waals surface area contributed by atoms with Gasteiger partial charge in [-0.1, -0.05) is 30.2 Å². The van der Waals surface area contributed by atoms with E-state index in [0.717, 1.165) is 5.56 Å². The van der Waals surface area contributed by atoms with Crippen molar-refractivity contribution in [2.75, 3.05) is 0 Å². The predicted molar refractivity (Wildman–Crippen MR) is 106 cm³/mol. The van der Waals surface area contributed by atoms with E-state index in [1.165, 1.54) is 0 Å². The molecule has 3 rings (SSSR count). The van der Waals surface area contributed by atoms with Crippen molar-refractivity contribution in [1.29, 1.82) is 5.41 Å². The Morgan fingerprint density at radius 3 is 2.66 bits per heavy atom. The summed E-state index contributed by atoms with van der Waals surface area (Å²) in [6.07, 6.45) is 8.85. The zero-order valence-electron chi connectivity index (χ0n) is 15.5. The van der Waals surface area contributed by atoms with Crippen LogP contribution >= 0.6 is 0 Å². The number of hydrogen-bond acceptors (Lipinski definition) is 6. The van der Waals surface area contributed by atoms with Gasteiger partial charge in [0.25, 0.3) is 0 Å². The third-order valence-electron chi connectivity index (χ3n) is 4.82. The van der Waals surface area contributed by atoms with E-state index in [-0.39, 0.29) is 42.3 Å². The molecular formula is C21H20N4O4. The largest absolute Gasteiger partial charge is 0.481 e. The second kappa shape index (κ2) is 8.04. The molecule has 0 bridgehead atoms. The van der Waals surface area contributed by atoms with E-state index in [2.05, 4.69) is 11.3 Å². The van der Waals surface area contributed by atoms with Crippen LogP contribution in [0.1, 0.15) is 30.4 Å². The lowest BCUT2D eigenvalue weighted by molar-refractivity contribution is -0.137. The fourth-order valence-electron chi connectivity index (χ4n) is 3.41. The molecule has 0 radical (unpaired) electrons. The average molecular weight is 392 g/mol. The SMILES string of the molecule is C#CC1=CC(CCC(=O)O)C2=C(C=C(c3ccc(C(=N)N)cc3)CC2=O)N(O)N1. The topological polar surface area (TPSA) is 140 Å². The number of nitrogens with zero attached hydrogens (tertiary/aromatic N) is 1. The number of nitrogen functional groups attached to an aromatic ring is 1. The third-order valence-corrected chi connectivity index (χ3v) is 4.82. The first-order valence-corrected chi connectivity index (χ1v) is 8.88. The van der Waals surface area contributed by atoms with Crippen LogP contribution in [0, 0.1) is 23.7 Å². The number of carbonyl (C=O) groups excluding carboxylic acids is 1. The van der Waals surface area contributed by atoms with Crippen LogP contribution in [0.4, 0.5) is 0 Å². The number of aliphatic carboxylic acids is 1. The lowest BCUT2D eigenvalue weighted by atomic mass is 9.82. The first-order valence-electron chi connectivity index (χ1n) is 8.88. The van der Waals surface area contributed by atoms with E-state index in [0.29, 0.717) is 21.9 Å². The molecule has 1 heterocycles. The van der Waals surface area contributed by atoms with Crippen LogP contribution in [0.2, 0.25) is 0 Å². The molecule has 2 aliphatic rings. The van der Waals surface area contributed by atoms with Crippen LogP contribution in [-0.2, 0) is 9.59 Å². The molecule has 8 nitrogen and oxygen atoms in total. The number of hydrazine groups is 1. The van der Waals surface area contributed by atoms with Gasteiger partial charge in [-0.2, -0.15) is 5.17 Å². The molecule has 0 aromatic heterocycles. The van der Waals surface area contributed by atoms with E-state index in [1.54, 1.807) is 36.4 Å². The van der Waals surface area contributed by atoms with Crippen molar-refractivity contribution in [3.63, 3.8) is 0 Å². The molecule has 0 saturated heterocycles. The number of hydroxylamine groups is 1. The van der Waals surface area contributed by atoms with Crippen molar-refractivity contribution in [2.24, 2.45) is 11.7 Å². The highest BCUT2D eigenvalue weighted by Crippen LogP contribution is 2.36. The summed E-state index contributed by atoms with van der Waals surface area (Å²) in [5.74, 6) is 0.586. The summed E-state index contributed by atoms with van der Waals surface area (Å²) in [6.45, 7) is 0. The number of allylic oxidation sites excluding steroid dienone is 5. The third kappa shape index (κ3) is 4.20. The van der Waals surface area contributed by atoms with Crippen molar-refractivity contribution in [1.82, 2.24) is 10.6 Å². The Labute approximate surface area is 167 Å². The Hall–Kier alpha value is -3.83. The van der Waals surface area contributed by atoms with Crippen molar-refractivity contribution in [2.45, 2.75) is 19.3 Å². The lowest BCUT2D eigenvalue weighted by Crippen LogP contribution is -2.34. The number of carboxylic acid groups (broad SMARTS) is 1. The summed E-state index contributed by atoms with van der Waals surface area (Å²) >= 11 is 0. The molecule has 0 saturated carbocycles. The summed E-state index contributed by atoms with van der Waals surface area (Å²) in [5.41, 5.74) is 10.9. The number of ketones is 1. The second-order valence-electron chi connectivity index (χ2n) is 6.75. The minimum absolute atomic E-state index is 0.0566. The van der Waals surface area contributed by atoms with Crippen LogP contribution < -0.4 is 11.2 Å². The van der Waals surface area contributed by atoms with E-state index in [9.17, 15) is 14.8 Å². The number of nitrogens with one attached hydrogen (secondary N) is 2. The Morgan fingerprint density at radius 2 is 2.07 bits per heavy atom. The van der Waals surface area contributed by atoms with Crippen LogP contribution in [0.3, 0.4) is 0 Å². The average Bonchev–Trinajstić information content (AvgIpc) is 2.83. The van der Waals surface area contributed by atoms with Gasteiger partial charge in [-0.05, 0) is 29.7 Å². The van der Waals surface area contributed by atoms with Gasteiger partial charge < -0.3 is 10.8 Å². The quantitative estimate of drug-likeness (QED) is 0.292. The summed E-state index contributed by atoms with van der Waals surface area (Å²) in [6, 6.07) is 6.87. The number of nitrogens with two attached hydrogens (primary N) is 1. The molecule has 1 aliphatic heterocycles. The molecule has 1 aromatic carbocycles. The molecule has 29 heavy (non-hydrogen) atoms. The van der Waals surface area contributed by atoms with E-state index >= 15 is 0 Å². The molecule has 1 aromatic rings. The van der Waals surface area contributed by atoms with Gasteiger partial charge >= 0.3 is 5.97 Å². The first kappa shape index (κ1) is 19.9. The van der Waals surface area contributed by atoms with Crippen LogP contribution in [-0.4, -0.2) is 33.1 Å². The van der Waals surface area contributed by atoms with Gasteiger partial charge in [-0.25, -0.2) is 0 Å². The molecule has 6 N–H and O–H groups in total. The molecular weight excluding hydrogens is 372 g/mol. The second-order valence-corrected chi connectivity index (χ2v) is 6.75. The van der Waals surface area contributed by atoms with Gasteiger partial charge in [0.2, 0.25) is 0 Å². The zero-order chi connectivity index (χ0) is 21.1. The predicted octanol–water partition coefficient (Wildman–Crippen LogP) is 1.79. The summed E-state index contributed by atoms with van der Waals surface area (Å²) in [5, 5.41) is 27.7. The number of hydrogen-bond donors (Lipinski definition) is 5. The molecule has 0 fully saturated rings. The molecule has 0 spiro atoms. The maximum atomic E-state index is 13.0. The van der Waals surface area contributed by atoms with Crippen LogP contribution in [0.15, 0.2) is 53.4 Å². The maximum absolute atomic E-state index is 13.0. The van der Waals surface area contributed by atoms with Crippen LogP contribution in [0.25, 0.3) is 5.57 Å². The zero-order valence-corrected chi connectivity index (χ0v) is 15.5. The summed E-state index contributed by atoms with van der Waals surface area (Å²) in [4.78, 5) is 24.0. The minimum Gasteiger partial charge on any atom is -0.481 e.